The molecule has 0 saturated carbocycles. The Morgan fingerprint density at radius 3 is 1.92 bits per heavy atom. The van der Waals surface area contributed by atoms with Gasteiger partial charge in [-0.05, 0) is 45.8 Å². The van der Waals surface area contributed by atoms with Crippen LogP contribution >= 0.6 is 85.5 Å². The van der Waals surface area contributed by atoms with Gasteiger partial charge >= 0.3 is 0 Å². The van der Waals surface area contributed by atoms with Crippen molar-refractivity contribution in [3.05, 3.63) is 64.7 Å². The van der Waals surface area contributed by atoms with Gasteiger partial charge in [-0.15, -0.1) is 0 Å². The quantitative estimate of drug-likeness (QED) is 0.290. The molecule has 0 aliphatic carbocycles. The number of alkyl halides is 7. The summed E-state index contributed by atoms with van der Waals surface area (Å²) in [6.07, 6.45) is 3.70. The van der Waals surface area contributed by atoms with Gasteiger partial charge < -0.3 is 4.74 Å². The number of para-hydroxylation sites is 1. The second-order valence-corrected chi connectivity index (χ2v) is 9.98. The molecule has 2 aromatic carbocycles. The molecule has 0 N–H and O–H groups in total. The molecule has 0 amide bonds. The number of halogens is 7. The second kappa shape index (κ2) is 8.93. The molecule has 25 heavy (non-hydrogen) atoms. The zero-order valence-electron chi connectivity index (χ0n) is 12.5. The smallest absolute Gasteiger partial charge is 0.216 e. The Hall–Kier alpha value is 0.200. The maximum atomic E-state index is 5.99. The Bertz CT molecular complexity index is 732. The van der Waals surface area contributed by atoms with Crippen LogP contribution < -0.4 is 4.74 Å². The summed E-state index contributed by atoms with van der Waals surface area (Å²) in [5.74, 6) is 0.731. The first kappa shape index (κ1) is 21.5. The Labute approximate surface area is 184 Å². The average Bonchev–Trinajstić information content (AvgIpc) is 2.52. The molecule has 2 aromatic rings. The van der Waals surface area contributed by atoms with Crippen molar-refractivity contribution in [3.63, 3.8) is 0 Å². The lowest BCUT2D eigenvalue weighted by Crippen LogP contribution is -2.06. The Kier molecular flexibility index (Phi) is 7.68. The highest BCUT2D eigenvalue weighted by Crippen LogP contribution is 2.44. The van der Waals surface area contributed by atoms with Gasteiger partial charge in [0, 0.05) is 16.7 Å². The number of benzene rings is 2. The normalized spacial score (nSPS) is 12.6. The molecule has 0 heterocycles. The maximum absolute atomic E-state index is 5.99. The van der Waals surface area contributed by atoms with Crippen LogP contribution in [0.4, 0.5) is 0 Å². The lowest BCUT2D eigenvalue weighted by molar-refractivity contribution is 0.397. The number of hydrogen-bond acceptors (Lipinski definition) is 1. The molecule has 0 radical (unpaired) electrons. The van der Waals surface area contributed by atoms with Gasteiger partial charge in [-0.2, -0.15) is 0 Å². The molecule has 0 saturated heterocycles. The number of rotatable bonds is 4. The molecule has 8 heteroatoms. The monoisotopic (exact) mass is 520 g/mol. The van der Waals surface area contributed by atoms with E-state index in [2.05, 4.69) is 15.9 Å². The predicted octanol–water partition coefficient (Wildman–Crippen LogP) is 8.24. The molecular weight excluding hydrogens is 513 g/mol. The molecule has 1 nitrogen and oxygen atoms in total. The van der Waals surface area contributed by atoms with Gasteiger partial charge in [-0.1, -0.05) is 100.0 Å². The van der Waals surface area contributed by atoms with E-state index >= 15 is 0 Å². The van der Waals surface area contributed by atoms with E-state index in [0.717, 1.165) is 16.9 Å². The molecular formula is C17H11BrCl6O. The van der Waals surface area contributed by atoms with E-state index in [9.17, 15) is 0 Å². The first-order valence-corrected chi connectivity index (χ1v) is 10.3. The van der Waals surface area contributed by atoms with Crippen LogP contribution in [-0.2, 0) is 7.59 Å². The summed E-state index contributed by atoms with van der Waals surface area (Å²) in [5, 5.41) is 0. The summed E-state index contributed by atoms with van der Waals surface area (Å²) in [7, 11) is 0. The summed E-state index contributed by atoms with van der Waals surface area (Å²) in [4.78, 5) is 0. The van der Waals surface area contributed by atoms with Crippen molar-refractivity contribution in [3.8, 4) is 5.75 Å². The van der Waals surface area contributed by atoms with Gasteiger partial charge in [0.15, 0.2) is 0 Å². The fourth-order valence-corrected chi connectivity index (χ4v) is 2.97. The summed E-state index contributed by atoms with van der Waals surface area (Å²) >= 11 is 39.2. The van der Waals surface area contributed by atoms with Crippen molar-refractivity contribution in [1.29, 1.82) is 0 Å². The van der Waals surface area contributed by atoms with Crippen molar-refractivity contribution >= 4 is 97.7 Å². The standard InChI is InChI=1S/C17H11BrCl6O/c18-10-25-15-4-2-1-3-12(15)6-5-11-7-13(16(19,20)21)9-14(8-11)17(22,23)24/h1-9H,10H2. The molecule has 0 aliphatic heterocycles. The van der Waals surface area contributed by atoms with Crippen LogP contribution in [-0.4, -0.2) is 5.52 Å². The predicted molar refractivity (Wildman–Crippen MR) is 115 cm³/mol. The highest BCUT2D eigenvalue weighted by atomic mass is 79.9. The fourth-order valence-electron chi connectivity index (χ4n) is 2.07. The third-order valence-corrected chi connectivity index (χ3v) is 4.73. The van der Waals surface area contributed by atoms with Crippen LogP contribution in [0.3, 0.4) is 0 Å². The third-order valence-electron chi connectivity index (χ3n) is 3.19. The van der Waals surface area contributed by atoms with E-state index in [1.54, 1.807) is 18.2 Å². The Balaban J connectivity index is 2.45. The van der Waals surface area contributed by atoms with Crippen molar-refractivity contribution < 1.29 is 4.74 Å². The van der Waals surface area contributed by atoms with Crippen LogP contribution in [0.2, 0.25) is 0 Å². The summed E-state index contributed by atoms with van der Waals surface area (Å²) < 4.78 is 2.25. The van der Waals surface area contributed by atoms with E-state index in [-0.39, 0.29) is 0 Å². The molecule has 0 aromatic heterocycles. The molecule has 134 valence electrons. The lowest BCUT2D eigenvalue weighted by Gasteiger charge is -2.18. The van der Waals surface area contributed by atoms with E-state index < -0.39 is 7.59 Å². The molecule has 0 spiro atoms. The first-order valence-electron chi connectivity index (χ1n) is 6.86. The molecule has 2 rings (SSSR count). The van der Waals surface area contributed by atoms with Gasteiger partial charge in [0.05, 0.1) is 0 Å². The second-order valence-electron chi connectivity index (χ2n) is 4.96. The number of hydrogen-bond donors (Lipinski definition) is 0. The lowest BCUT2D eigenvalue weighted by atomic mass is 10.1. The van der Waals surface area contributed by atoms with Gasteiger partial charge in [0.1, 0.15) is 11.3 Å². The highest BCUT2D eigenvalue weighted by molar-refractivity contribution is 9.09. The van der Waals surface area contributed by atoms with E-state index in [1.807, 2.05) is 36.4 Å². The van der Waals surface area contributed by atoms with Gasteiger partial charge in [-0.25, -0.2) is 0 Å². The van der Waals surface area contributed by atoms with Crippen molar-refractivity contribution in [1.82, 2.24) is 0 Å². The van der Waals surface area contributed by atoms with Gasteiger partial charge in [0.25, 0.3) is 0 Å². The Morgan fingerprint density at radius 2 is 1.40 bits per heavy atom. The van der Waals surface area contributed by atoms with Crippen molar-refractivity contribution in [2.24, 2.45) is 0 Å². The molecule has 0 atom stereocenters. The average molecular weight is 524 g/mol. The van der Waals surface area contributed by atoms with E-state index in [1.165, 1.54) is 0 Å². The molecule has 0 unspecified atom stereocenters. The van der Waals surface area contributed by atoms with Crippen molar-refractivity contribution in [2.45, 2.75) is 7.59 Å². The SMILES string of the molecule is ClC(Cl)(Cl)c1cc(C=Cc2ccccc2OCBr)cc(C(Cl)(Cl)Cl)c1. The minimum absolute atomic E-state index is 0.387. The van der Waals surface area contributed by atoms with Crippen LogP contribution in [0.25, 0.3) is 12.2 Å². The minimum atomic E-state index is -1.63. The Morgan fingerprint density at radius 1 is 0.840 bits per heavy atom. The summed E-state index contributed by atoms with van der Waals surface area (Å²) in [6, 6.07) is 12.6. The largest absolute Gasteiger partial charge is 0.482 e. The maximum Gasteiger partial charge on any atom is 0.216 e. The van der Waals surface area contributed by atoms with Crippen LogP contribution in [0.5, 0.6) is 5.75 Å². The zero-order valence-corrected chi connectivity index (χ0v) is 18.6. The van der Waals surface area contributed by atoms with Crippen molar-refractivity contribution in [2.75, 3.05) is 5.52 Å². The highest BCUT2D eigenvalue weighted by Gasteiger charge is 2.29. The van der Waals surface area contributed by atoms with E-state index in [0.29, 0.717) is 16.6 Å². The topological polar surface area (TPSA) is 9.23 Å². The van der Waals surface area contributed by atoms with Gasteiger partial charge in [-0.3, -0.25) is 0 Å². The minimum Gasteiger partial charge on any atom is -0.482 e. The summed E-state index contributed by atoms with van der Waals surface area (Å²) in [6.45, 7) is 0. The summed E-state index contributed by atoms with van der Waals surface area (Å²) in [5.41, 5.74) is 2.81. The van der Waals surface area contributed by atoms with Crippen LogP contribution in [0.1, 0.15) is 22.3 Å². The van der Waals surface area contributed by atoms with E-state index in [4.69, 9.17) is 74.3 Å². The zero-order chi connectivity index (χ0) is 18.7. The van der Waals surface area contributed by atoms with Gasteiger partial charge in [0.2, 0.25) is 7.59 Å². The fraction of sp³-hybridized carbons (Fsp3) is 0.176. The number of ether oxygens (including phenoxy) is 1. The molecule has 0 aliphatic rings. The van der Waals surface area contributed by atoms with Crippen LogP contribution in [0, 0.1) is 0 Å². The molecule has 0 fully saturated rings. The van der Waals surface area contributed by atoms with Crippen LogP contribution in [0.15, 0.2) is 42.5 Å². The molecule has 0 bridgehead atoms. The first-order chi connectivity index (χ1) is 11.6. The third kappa shape index (κ3) is 6.39.